The van der Waals surface area contributed by atoms with E-state index in [1.54, 1.807) is 0 Å². The maximum atomic E-state index is 5.63. The first-order valence-electron chi connectivity index (χ1n) is 8.02. The lowest BCUT2D eigenvalue weighted by molar-refractivity contribution is 0.00206. The monoisotopic (exact) mass is 345 g/mol. The summed E-state index contributed by atoms with van der Waals surface area (Å²) in [4.78, 5) is 2.36. The predicted octanol–water partition coefficient (Wildman–Crippen LogP) is 1.99. The quantitative estimate of drug-likeness (QED) is 0.819. The fourth-order valence-corrected chi connectivity index (χ4v) is 2.26. The Morgan fingerprint density at radius 1 is 0.652 bits per heavy atom. The smallest absolute Gasteiger partial charge is 0.0701 e. The average Bonchev–Trinajstić information content (AvgIpc) is 2.56. The van der Waals surface area contributed by atoms with Gasteiger partial charge in [-0.3, -0.25) is 4.90 Å². The van der Waals surface area contributed by atoms with Crippen molar-refractivity contribution in [1.29, 1.82) is 0 Å². The molecule has 1 aromatic carbocycles. The van der Waals surface area contributed by atoms with E-state index in [2.05, 4.69) is 29.2 Å². The molecule has 1 aromatic rings. The first kappa shape index (κ1) is 20.4. The SMILES string of the molecule is Cl.c1ccc(CN2CCOCCOCCOCCOCC2)cc1. The molecule has 0 atom stereocenters. The fourth-order valence-electron chi connectivity index (χ4n) is 2.26. The van der Waals surface area contributed by atoms with Crippen molar-refractivity contribution in [1.82, 2.24) is 4.90 Å². The van der Waals surface area contributed by atoms with Gasteiger partial charge in [0.15, 0.2) is 0 Å². The molecular weight excluding hydrogens is 318 g/mol. The Bertz CT molecular complexity index is 364. The van der Waals surface area contributed by atoms with Crippen molar-refractivity contribution >= 4 is 12.4 Å². The second-order valence-electron chi connectivity index (χ2n) is 5.21. The molecule has 1 saturated heterocycles. The third kappa shape index (κ3) is 9.91. The van der Waals surface area contributed by atoms with Gasteiger partial charge in [-0.1, -0.05) is 30.3 Å². The number of ether oxygens (including phenoxy) is 4. The van der Waals surface area contributed by atoms with Gasteiger partial charge in [0.1, 0.15) is 0 Å². The van der Waals surface area contributed by atoms with Crippen molar-refractivity contribution in [2.24, 2.45) is 0 Å². The van der Waals surface area contributed by atoms with Gasteiger partial charge in [-0.2, -0.15) is 0 Å². The highest BCUT2D eigenvalue weighted by Gasteiger charge is 2.06. The molecule has 0 N–H and O–H groups in total. The molecule has 1 aliphatic heterocycles. The second kappa shape index (κ2) is 13.7. The minimum atomic E-state index is 0. The van der Waals surface area contributed by atoms with Crippen LogP contribution < -0.4 is 0 Å². The van der Waals surface area contributed by atoms with Crippen LogP contribution in [0.3, 0.4) is 0 Å². The van der Waals surface area contributed by atoms with Crippen molar-refractivity contribution in [3.8, 4) is 0 Å². The summed E-state index contributed by atoms with van der Waals surface area (Å²) in [5, 5.41) is 0. The van der Waals surface area contributed by atoms with Gasteiger partial charge in [0, 0.05) is 19.6 Å². The van der Waals surface area contributed by atoms with E-state index >= 15 is 0 Å². The van der Waals surface area contributed by atoms with Crippen LogP contribution in [0.15, 0.2) is 30.3 Å². The Labute approximate surface area is 145 Å². The molecule has 5 nitrogen and oxygen atoms in total. The highest BCUT2D eigenvalue weighted by Crippen LogP contribution is 2.04. The number of halogens is 1. The minimum absolute atomic E-state index is 0. The molecule has 0 spiro atoms. The second-order valence-corrected chi connectivity index (χ2v) is 5.21. The van der Waals surface area contributed by atoms with E-state index in [4.69, 9.17) is 18.9 Å². The first-order chi connectivity index (χ1) is 10.9. The molecule has 23 heavy (non-hydrogen) atoms. The Balaban J connectivity index is 0.00000264. The molecule has 1 aliphatic rings. The molecule has 1 heterocycles. The van der Waals surface area contributed by atoms with Gasteiger partial charge in [-0.15, -0.1) is 12.4 Å². The Morgan fingerprint density at radius 2 is 1.09 bits per heavy atom. The Kier molecular flexibility index (Phi) is 12.1. The van der Waals surface area contributed by atoms with E-state index in [1.807, 2.05) is 6.07 Å². The number of hydrogen-bond acceptors (Lipinski definition) is 5. The summed E-state index contributed by atoms with van der Waals surface area (Å²) in [5.74, 6) is 0. The van der Waals surface area contributed by atoms with Gasteiger partial charge in [-0.05, 0) is 5.56 Å². The van der Waals surface area contributed by atoms with E-state index in [0.29, 0.717) is 52.9 Å². The number of benzene rings is 1. The zero-order valence-corrected chi connectivity index (χ0v) is 14.5. The maximum absolute atomic E-state index is 5.63. The zero-order chi connectivity index (χ0) is 15.3. The summed E-state index contributed by atoms with van der Waals surface area (Å²) in [6.07, 6.45) is 0. The molecule has 0 aliphatic carbocycles. The molecule has 1 fully saturated rings. The summed E-state index contributed by atoms with van der Waals surface area (Å²) < 4.78 is 22.1. The van der Waals surface area contributed by atoms with Crippen LogP contribution in [0.2, 0.25) is 0 Å². The summed E-state index contributed by atoms with van der Waals surface area (Å²) in [7, 11) is 0. The van der Waals surface area contributed by atoms with Crippen LogP contribution in [0.4, 0.5) is 0 Å². The van der Waals surface area contributed by atoms with Gasteiger partial charge < -0.3 is 18.9 Å². The lowest BCUT2D eigenvalue weighted by atomic mass is 10.2. The molecule has 0 unspecified atom stereocenters. The number of hydrogen-bond donors (Lipinski definition) is 0. The predicted molar refractivity (Wildman–Crippen MR) is 92.2 cm³/mol. The van der Waals surface area contributed by atoms with Crippen LogP contribution in [0, 0.1) is 0 Å². The Morgan fingerprint density at radius 3 is 1.57 bits per heavy atom. The standard InChI is InChI=1S/C17H27NO4.ClH/c1-2-4-17(5-3-1)16-18-6-8-19-10-12-21-14-15-22-13-11-20-9-7-18;/h1-5H,6-16H2;1H. The van der Waals surface area contributed by atoms with Crippen molar-refractivity contribution in [2.45, 2.75) is 6.54 Å². The van der Waals surface area contributed by atoms with Crippen molar-refractivity contribution < 1.29 is 18.9 Å². The van der Waals surface area contributed by atoms with E-state index in [-0.39, 0.29) is 12.4 Å². The van der Waals surface area contributed by atoms with Gasteiger partial charge in [-0.25, -0.2) is 0 Å². The third-order valence-corrected chi connectivity index (χ3v) is 3.47. The molecule has 0 bridgehead atoms. The van der Waals surface area contributed by atoms with Gasteiger partial charge in [0.25, 0.3) is 0 Å². The topological polar surface area (TPSA) is 40.2 Å². The van der Waals surface area contributed by atoms with E-state index in [9.17, 15) is 0 Å². The molecule has 0 radical (unpaired) electrons. The van der Waals surface area contributed by atoms with E-state index in [1.165, 1.54) is 5.56 Å². The zero-order valence-electron chi connectivity index (χ0n) is 13.7. The molecule has 6 heteroatoms. The number of nitrogens with zero attached hydrogens (tertiary/aromatic N) is 1. The molecule has 0 saturated carbocycles. The molecular formula is C17H28ClNO4. The van der Waals surface area contributed by atoms with E-state index < -0.39 is 0 Å². The summed E-state index contributed by atoms with van der Waals surface area (Å²) in [5.41, 5.74) is 1.31. The number of rotatable bonds is 2. The lowest BCUT2D eigenvalue weighted by Crippen LogP contribution is -2.31. The third-order valence-electron chi connectivity index (χ3n) is 3.47. The summed E-state index contributed by atoms with van der Waals surface area (Å²) in [6, 6.07) is 10.5. The van der Waals surface area contributed by atoms with Crippen LogP contribution in [0.5, 0.6) is 0 Å². The van der Waals surface area contributed by atoms with Crippen LogP contribution in [-0.4, -0.2) is 70.8 Å². The highest BCUT2D eigenvalue weighted by molar-refractivity contribution is 5.85. The minimum Gasteiger partial charge on any atom is -0.378 e. The van der Waals surface area contributed by atoms with Crippen LogP contribution in [0.1, 0.15) is 5.56 Å². The molecule has 0 aromatic heterocycles. The largest absolute Gasteiger partial charge is 0.378 e. The first-order valence-corrected chi connectivity index (χ1v) is 8.02. The van der Waals surface area contributed by atoms with Crippen LogP contribution in [-0.2, 0) is 25.5 Å². The summed E-state index contributed by atoms with van der Waals surface area (Å²) >= 11 is 0. The molecule has 2 rings (SSSR count). The van der Waals surface area contributed by atoms with Gasteiger partial charge >= 0.3 is 0 Å². The molecule has 132 valence electrons. The highest BCUT2D eigenvalue weighted by atomic mass is 35.5. The van der Waals surface area contributed by atoms with Crippen molar-refractivity contribution in [3.63, 3.8) is 0 Å². The van der Waals surface area contributed by atoms with E-state index in [0.717, 1.165) is 19.6 Å². The lowest BCUT2D eigenvalue weighted by Gasteiger charge is -2.22. The fraction of sp³-hybridized carbons (Fsp3) is 0.647. The average molecular weight is 346 g/mol. The van der Waals surface area contributed by atoms with Gasteiger partial charge in [0.2, 0.25) is 0 Å². The van der Waals surface area contributed by atoms with Crippen LogP contribution in [0.25, 0.3) is 0 Å². The molecule has 0 amide bonds. The normalized spacial score (nSPS) is 20.0. The summed E-state index contributed by atoms with van der Waals surface area (Å²) in [6.45, 7) is 7.89. The van der Waals surface area contributed by atoms with Crippen molar-refractivity contribution in [2.75, 3.05) is 65.9 Å². The Hall–Kier alpha value is -0.690. The van der Waals surface area contributed by atoms with Gasteiger partial charge in [0.05, 0.1) is 52.9 Å². The van der Waals surface area contributed by atoms with Crippen molar-refractivity contribution in [3.05, 3.63) is 35.9 Å². The maximum Gasteiger partial charge on any atom is 0.0701 e. The van der Waals surface area contributed by atoms with Crippen LogP contribution >= 0.6 is 12.4 Å².